The maximum absolute atomic E-state index is 11.2. The summed E-state index contributed by atoms with van der Waals surface area (Å²) in [5.74, 6) is -1.94. The molecular weight excluding hydrogens is 326 g/mol. The number of carboxylic acid groups (broad SMARTS) is 2. The van der Waals surface area contributed by atoms with Crippen LogP contribution in [0, 0.1) is 0 Å². The number of aromatic carboxylic acids is 1. The zero-order valence-electron chi connectivity index (χ0n) is 12.5. The minimum Gasteiger partial charge on any atom is -0.481 e. The van der Waals surface area contributed by atoms with Gasteiger partial charge >= 0.3 is 11.9 Å². The Kier molecular flexibility index (Phi) is 4.39. The molecule has 3 rings (SSSR count). The Hall–Kier alpha value is -2.99. The topological polar surface area (TPSA) is 87.5 Å². The summed E-state index contributed by atoms with van der Waals surface area (Å²) in [7, 11) is 0. The van der Waals surface area contributed by atoms with Gasteiger partial charge in [0.1, 0.15) is 5.01 Å². The summed E-state index contributed by atoms with van der Waals surface area (Å²) >= 11 is 1.44. The summed E-state index contributed by atoms with van der Waals surface area (Å²) in [5, 5.41) is 18.8. The number of thiazole rings is 1. The van der Waals surface area contributed by atoms with Crippen molar-refractivity contribution in [1.82, 2.24) is 4.98 Å². The Bertz CT molecular complexity index is 908. The number of carboxylic acids is 2. The molecule has 3 aromatic rings. The molecule has 0 amide bonds. The highest BCUT2D eigenvalue weighted by Gasteiger charge is 2.12. The lowest BCUT2D eigenvalue weighted by atomic mass is 10.1. The van der Waals surface area contributed by atoms with Gasteiger partial charge < -0.3 is 10.2 Å². The van der Waals surface area contributed by atoms with Crippen LogP contribution in [0.1, 0.15) is 27.3 Å². The predicted octanol–water partition coefficient (Wildman–Crippen LogP) is 4.01. The molecule has 0 aliphatic heterocycles. The van der Waals surface area contributed by atoms with Crippen molar-refractivity contribution in [2.75, 3.05) is 0 Å². The van der Waals surface area contributed by atoms with Crippen molar-refractivity contribution in [1.29, 1.82) is 0 Å². The van der Waals surface area contributed by atoms with Gasteiger partial charge in [-0.05, 0) is 41.5 Å². The predicted molar refractivity (Wildman–Crippen MR) is 93.1 cm³/mol. The molecule has 0 fully saturated rings. The molecule has 0 unspecified atom stereocenters. The number of rotatable bonds is 5. The first-order valence-corrected chi connectivity index (χ1v) is 7.96. The second-order valence-corrected chi connectivity index (χ2v) is 6.18. The van der Waals surface area contributed by atoms with E-state index in [1.165, 1.54) is 23.5 Å². The maximum atomic E-state index is 11.2. The molecule has 0 atom stereocenters. The lowest BCUT2D eigenvalue weighted by Gasteiger charge is -2.02. The normalized spacial score (nSPS) is 11.6. The van der Waals surface area contributed by atoms with Gasteiger partial charge in [0.15, 0.2) is 0 Å². The average Bonchev–Trinajstić information content (AvgIpc) is 2.98. The highest BCUT2D eigenvalue weighted by Crippen LogP contribution is 2.30. The van der Waals surface area contributed by atoms with Gasteiger partial charge in [-0.3, -0.25) is 4.79 Å². The fourth-order valence-electron chi connectivity index (χ4n) is 2.28. The monoisotopic (exact) mass is 339 g/mol. The van der Waals surface area contributed by atoms with E-state index in [0.717, 1.165) is 15.8 Å². The first-order valence-electron chi connectivity index (χ1n) is 7.14. The van der Waals surface area contributed by atoms with Crippen LogP contribution < -0.4 is 0 Å². The van der Waals surface area contributed by atoms with E-state index in [-0.39, 0.29) is 12.0 Å². The Morgan fingerprint density at radius 3 is 2.38 bits per heavy atom. The van der Waals surface area contributed by atoms with Gasteiger partial charge in [0.25, 0.3) is 0 Å². The van der Waals surface area contributed by atoms with Crippen LogP contribution in [0.3, 0.4) is 0 Å². The third-order valence-electron chi connectivity index (χ3n) is 3.41. The molecule has 120 valence electrons. The molecule has 0 spiro atoms. The molecule has 0 saturated heterocycles. The van der Waals surface area contributed by atoms with Crippen molar-refractivity contribution in [3.8, 4) is 0 Å². The van der Waals surface area contributed by atoms with Crippen molar-refractivity contribution in [2.45, 2.75) is 6.42 Å². The number of nitrogens with zero attached hydrogens (tertiary/aromatic N) is 1. The Balaban J connectivity index is 2.01. The molecular formula is C18H13NO4S. The van der Waals surface area contributed by atoms with Gasteiger partial charge in [0.2, 0.25) is 0 Å². The van der Waals surface area contributed by atoms with Crippen molar-refractivity contribution in [3.05, 3.63) is 64.7 Å². The molecule has 0 aliphatic carbocycles. The number of hydrogen-bond donors (Lipinski definition) is 2. The molecule has 2 N–H and O–H groups in total. The number of aliphatic carboxylic acids is 1. The van der Waals surface area contributed by atoms with Crippen LogP contribution in [0.25, 0.3) is 21.9 Å². The fraction of sp³-hybridized carbons (Fsp3) is 0.0556. The SMILES string of the molecule is O=C(O)CC(=Cc1ccc(C(=O)O)cc1)c1nc2ccccc2s1. The molecule has 0 saturated carbocycles. The minimum absolute atomic E-state index is 0.152. The summed E-state index contributed by atoms with van der Waals surface area (Å²) in [5.41, 5.74) is 2.34. The second-order valence-electron chi connectivity index (χ2n) is 5.15. The molecule has 24 heavy (non-hydrogen) atoms. The standard InChI is InChI=1S/C18H13NO4S/c20-16(21)10-13(9-11-5-7-12(8-6-11)18(22)23)17-19-14-3-1-2-4-15(14)24-17/h1-9H,10H2,(H,20,21)(H,22,23). The summed E-state index contributed by atoms with van der Waals surface area (Å²) in [6.45, 7) is 0. The number of aromatic nitrogens is 1. The van der Waals surface area contributed by atoms with Gasteiger partial charge in [0, 0.05) is 0 Å². The number of para-hydroxylation sites is 1. The number of fused-ring (bicyclic) bond motifs is 1. The van der Waals surface area contributed by atoms with Crippen molar-refractivity contribution >= 4 is 45.1 Å². The Morgan fingerprint density at radius 2 is 1.75 bits per heavy atom. The highest BCUT2D eigenvalue weighted by molar-refractivity contribution is 7.19. The zero-order valence-corrected chi connectivity index (χ0v) is 13.3. The lowest BCUT2D eigenvalue weighted by molar-refractivity contribution is -0.135. The number of carbonyl (C=O) groups is 2. The van der Waals surface area contributed by atoms with E-state index in [0.29, 0.717) is 10.6 Å². The van der Waals surface area contributed by atoms with Crippen LogP contribution in [-0.4, -0.2) is 27.1 Å². The molecule has 6 heteroatoms. The van der Waals surface area contributed by atoms with Crippen LogP contribution in [-0.2, 0) is 4.79 Å². The molecule has 0 radical (unpaired) electrons. The first kappa shape index (κ1) is 15.9. The molecule has 0 bridgehead atoms. The van der Waals surface area contributed by atoms with Gasteiger partial charge in [-0.25, -0.2) is 9.78 Å². The van der Waals surface area contributed by atoms with Gasteiger partial charge in [-0.15, -0.1) is 11.3 Å². The zero-order chi connectivity index (χ0) is 17.1. The van der Waals surface area contributed by atoms with Crippen LogP contribution >= 0.6 is 11.3 Å². The highest BCUT2D eigenvalue weighted by atomic mass is 32.1. The summed E-state index contributed by atoms with van der Waals surface area (Å²) in [4.78, 5) is 26.6. The third kappa shape index (κ3) is 3.49. The molecule has 2 aromatic carbocycles. The van der Waals surface area contributed by atoms with Crippen LogP contribution in [0.5, 0.6) is 0 Å². The Labute approximate surface area is 141 Å². The molecule has 1 heterocycles. The second kappa shape index (κ2) is 6.64. The van der Waals surface area contributed by atoms with E-state index in [2.05, 4.69) is 4.98 Å². The van der Waals surface area contributed by atoms with Crippen LogP contribution in [0.4, 0.5) is 0 Å². The average molecular weight is 339 g/mol. The van der Waals surface area contributed by atoms with Crippen molar-refractivity contribution in [3.63, 3.8) is 0 Å². The van der Waals surface area contributed by atoms with Crippen LogP contribution in [0.15, 0.2) is 48.5 Å². The van der Waals surface area contributed by atoms with E-state index < -0.39 is 11.9 Å². The lowest BCUT2D eigenvalue weighted by Crippen LogP contribution is -1.97. The first-order chi connectivity index (χ1) is 11.5. The summed E-state index contributed by atoms with van der Waals surface area (Å²) in [6, 6.07) is 13.9. The molecule has 1 aromatic heterocycles. The molecule has 0 aliphatic rings. The van der Waals surface area contributed by atoms with E-state index in [1.54, 1.807) is 18.2 Å². The van der Waals surface area contributed by atoms with E-state index in [1.807, 2.05) is 24.3 Å². The smallest absolute Gasteiger partial charge is 0.335 e. The van der Waals surface area contributed by atoms with E-state index in [9.17, 15) is 14.7 Å². The third-order valence-corrected chi connectivity index (χ3v) is 4.52. The number of benzene rings is 2. The van der Waals surface area contributed by atoms with Crippen LogP contribution in [0.2, 0.25) is 0 Å². The van der Waals surface area contributed by atoms with Gasteiger partial charge in [-0.1, -0.05) is 24.3 Å². The fourth-order valence-corrected chi connectivity index (χ4v) is 3.26. The Morgan fingerprint density at radius 1 is 1.04 bits per heavy atom. The van der Waals surface area contributed by atoms with E-state index >= 15 is 0 Å². The van der Waals surface area contributed by atoms with Crippen molar-refractivity contribution < 1.29 is 19.8 Å². The quantitative estimate of drug-likeness (QED) is 0.733. The largest absolute Gasteiger partial charge is 0.481 e. The minimum atomic E-state index is -0.998. The van der Waals surface area contributed by atoms with Gasteiger partial charge in [-0.2, -0.15) is 0 Å². The number of hydrogen-bond acceptors (Lipinski definition) is 4. The summed E-state index contributed by atoms with van der Waals surface area (Å²) in [6.07, 6.45) is 1.58. The molecule has 5 nitrogen and oxygen atoms in total. The maximum Gasteiger partial charge on any atom is 0.335 e. The van der Waals surface area contributed by atoms with E-state index in [4.69, 9.17) is 5.11 Å². The van der Waals surface area contributed by atoms with Crippen molar-refractivity contribution in [2.24, 2.45) is 0 Å². The summed E-state index contributed by atoms with van der Waals surface area (Å²) < 4.78 is 0.991. The van der Waals surface area contributed by atoms with Gasteiger partial charge in [0.05, 0.1) is 22.2 Å².